The first-order valence-corrected chi connectivity index (χ1v) is 10.8. The Morgan fingerprint density at radius 3 is 1.73 bits per heavy atom. The maximum atomic E-state index is 3.68. The molecule has 4 nitrogen and oxygen atoms in total. The van der Waals surface area contributed by atoms with E-state index in [1.165, 1.54) is 21.5 Å². The monoisotopic (exact) mass is 518 g/mol. The average molecular weight is 519 g/mol. The smallest absolute Gasteiger partial charge is 0.0492 e. The topological polar surface area (TPSA) is 63.2 Å². The van der Waals surface area contributed by atoms with Crippen molar-refractivity contribution in [1.29, 1.82) is 0 Å². The van der Waals surface area contributed by atoms with Crippen molar-refractivity contribution >= 4 is 45.8 Å². The Morgan fingerprint density at radius 2 is 1.03 bits per heavy atom. The molecule has 1 aliphatic rings. The zero-order valence-corrected chi connectivity index (χ0v) is 19.1. The standard InChI is InChI=1S/C28H20N4.Pd/c1-2-4-24-17(3-1)5-12-25-26-15-22-10-8-20(30-22)13-18-6-7-19(29-18)14-21-9-11-23(31-21)16-27(32-26)28(24)25;/h1-16,29-32H;. The Labute approximate surface area is 202 Å². The molecule has 5 heteroatoms. The van der Waals surface area contributed by atoms with E-state index >= 15 is 0 Å². The molecule has 0 radical (unpaired) electrons. The Kier molecular flexibility index (Phi) is 4.62. The number of hydrogen-bond donors (Lipinski definition) is 4. The number of benzene rings is 2. The van der Waals surface area contributed by atoms with Gasteiger partial charge in [0, 0.05) is 75.4 Å². The van der Waals surface area contributed by atoms with Crippen molar-refractivity contribution in [3.63, 3.8) is 0 Å². The van der Waals surface area contributed by atoms with E-state index in [9.17, 15) is 0 Å². The van der Waals surface area contributed by atoms with E-state index in [0.29, 0.717) is 0 Å². The summed E-state index contributed by atoms with van der Waals surface area (Å²) in [5.74, 6) is 0. The molecule has 2 aromatic carbocycles. The molecule has 162 valence electrons. The fraction of sp³-hybridized carbons (Fsp3) is 0. The average Bonchev–Trinajstić information content (AvgIpc) is 3.59. The van der Waals surface area contributed by atoms with E-state index in [0.717, 1.165) is 44.2 Å². The number of H-pyrrole nitrogens is 4. The summed E-state index contributed by atoms with van der Waals surface area (Å²) in [7, 11) is 0. The SMILES string of the molecule is C1=c2ccc([nH]2)=Cc2ccc([nH]2)C=c2[nH]c(c3ccc4ccccc4c23)=Cc2ccc1[nH]2.[Pd]. The van der Waals surface area contributed by atoms with Crippen molar-refractivity contribution in [3.8, 4) is 0 Å². The van der Waals surface area contributed by atoms with Gasteiger partial charge in [-0.15, -0.1) is 0 Å². The predicted octanol–water partition coefficient (Wildman–Crippen LogP) is 2.93. The predicted molar refractivity (Wildman–Crippen MR) is 131 cm³/mol. The number of rotatable bonds is 0. The second-order valence-electron chi connectivity index (χ2n) is 8.35. The zero-order valence-electron chi connectivity index (χ0n) is 17.6. The number of aromatic amines is 4. The van der Waals surface area contributed by atoms with Gasteiger partial charge in [-0.2, -0.15) is 0 Å². The van der Waals surface area contributed by atoms with Gasteiger partial charge in [0.15, 0.2) is 0 Å². The molecule has 33 heavy (non-hydrogen) atoms. The normalized spacial score (nSPS) is 12.4. The molecule has 0 atom stereocenters. The molecular formula is C28H20N4Pd. The molecule has 0 unspecified atom stereocenters. The van der Waals surface area contributed by atoms with Crippen LogP contribution in [0.5, 0.6) is 0 Å². The summed E-state index contributed by atoms with van der Waals surface area (Å²) in [6, 6.07) is 25.6. The van der Waals surface area contributed by atoms with Gasteiger partial charge in [0.1, 0.15) is 0 Å². The van der Waals surface area contributed by atoms with Gasteiger partial charge in [-0.25, -0.2) is 0 Å². The van der Waals surface area contributed by atoms with Crippen LogP contribution in [0.15, 0.2) is 72.8 Å². The minimum Gasteiger partial charge on any atom is -0.355 e. The van der Waals surface area contributed by atoms with E-state index < -0.39 is 0 Å². The zero-order chi connectivity index (χ0) is 21.1. The van der Waals surface area contributed by atoms with Crippen LogP contribution in [0.2, 0.25) is 0 Å². The minimum absolute atomic E-state index is 0. The van der Waals surface area contributed by atoms with Crippen LogP contribution in [-0.2, 0) is 20.4 Å². The molecule has 7 rings (SSSR count). The maximum absolute atomic E-state index is 3.68. The van der Waals surface area contributed by atoms with Crippen LogP contribution in [0.4, 0.5) is 0 Å². The molecular weight excluding hydrogens is 499 g/mol. The molecule has 8 bridgehead atoms. The van der Waals surface area contributed by atoms with Crippen LogP contribution < -0.4 is 21.4 Å². The summed E-state index contributed by atoms with van der Waals surface area (Å²) in [4.78, 5) is 14.2. The molecule has 0 amide bonds. The Morgan fingerprint density at radius 1 is 0.424 bits per heavy atom. The largest absolute Gasteiger partial charge is 0.355 e. The fourth-order valence-corrected chi connectivity index (χ4v) is 4.72. The third-order valence-corrected chi connectivity index (χ3v) is 6.17. The van der Waals surface area contributed by atoms with Crippen molar-refractivity contribution in [2.45, 2.75) is 0 Å². The van der Waals surface area contributed by atoms with Gasteiger partial charge in [0.2, 0.25) is 0 Å². The van der Waals surface area contributed by atoms with Gasteiger partial charge >= 0.3 is 0 Å². The summed E-state index contributed by atoms with van der Waals surface area (Å²) in [6.45, 7) is 0. The summed E-state index contributed by atoms with van der Waals surface area (Å²) in [6.07, 6.45) is 8.64. The Balaban J connectivity index is 0.00000206. The number of aromatic nitrogens is 4. The van der Waals surface area contributed by atoms with Gasteiger partial charge in [-0.3, -0.25) is 0 Å². The number of hydrogen-bond acceptors (Lipinski definition) is 0. The van der Waals surface area contributed by atoms with Crippen LogP contribution in [-0.4, -0.2) is 19.9 Å². The van der Waals surface area contributed by atoms with Crippen molar-refractivity contribution < 1.29 is 20.4 Å². The molecule has 0 saturated heterocycles. The van der Waals surface area contributed by atoms with Crippen molar-refractivity contribution in [2.75, 3.05) is 0 Å². The van der Waals surface area contributed by atoms with Gasteiger partial charge in [0.05, 0.1) is 0 Å². The second kappa shape index (κ2) is 7.67. The summed E-state index contributed by atoms with van der Waals surface area (Å²) < 4.78 is 0. The fourth-order valence-electron chi connectivity index (χ4n) is 4.72. The van der Waals surface area contributed by atoms with Crippen molar-refractivity contribution in [2.24, 2.45) is 0 Å². The van der Waals surface area contributed by atoms with E-state index in [-0.39, 0.29) is 20.4 Å². The van der Waals surface area contributed by atoms with Crippen LogP contribution in [0, 0.1) is 0 Å². The molecule has 6 aromatic rings. The van der Waals surface area contributed by atoms with E-state index in [1.807, 2.05) is 0 Å². The number of fused-ring (bicyclic) bond motifs is 13. The summed E-state index contributed by atoms with van der Waals surface area (Å²) in [5.41, 5.74) is 4.25. The first kappa shape index (κ1) is 19.9. The van der Waals surface area contributed by atoms with Gasteiger partial charge < -0.3 is 19.9 Å². The second-order valence-corrected chi connectivity index (χ2v) is 8.35. The molecule has 0 spiro atoms. The third kappa shape index (κ3) is 3.43. The summed E-state index contributed by atoms with van der Waals surface area (Å²) >= 11 is 0. The summed E-state index contributed by atoms with van der Waals surface area (Å²) in [5, 5.41) is 9.27. The van der Waals surface area contributed by atoms with Gasteiger partial charge in [0.25, 0.3) is 0 Å². The molecule has 0 saturated carbocycles. The van der Waals surface area contributed by atoms with Crippen LogP contribution >= 0.6 is 0 Å². The first-order valence-electron chi connectivity index (χ1n) is 10.8. The molecule has 1 aliphatic heterocycles. The van der Waals surface area contributed by atoms with Gasteiger partial charge in [-0.1, -0.05) is 36.4 Å². The molecule has 0 aliphatic carbocycles. The molecule has 0 fully saturated rings. The van der Waals surface area contributed by atoms with Gasteiger partial charge in [-0.05, 0) is 71.5 Å². The van der Waals surface area contributed by atoms with Crippen molar-refractivity contribution in [3.05, 3.63) is 117 Å². The maximum Gasteiger partial charge on any atom is 0.0492 e. The molecule has 5 heterocycles. The van der Waals surface area contributed by atoms with Crippen molar-refractivity contribution in [1.82, 2.24) is 19.9 Å². The Hall–Kier alpha value is -3.78. The van der Waals surface area contributed by atoms with E-state index in [2.05, 4.69) is 117 Å². The third-order valence-electron chi connectivity index (χ3n) is 6.17. The van der Waals surface area contributed by atoms with Crippen LogP contribution in [0.1, 0.15) is 22.8 Å². The quantitative estimate of drug-likeness (QED) is 0.223. The molecule has 4 N–H and O–H groups in total. The first-order chi connectivity index (χ1) is 15.8. The minimum atomic E-state index is 0. The Bertz CT molecular complexity index is 1890. The number of nitrogens with one attached hydrogen (secondary N) is 4. The van der Waals surface area contributed by atoms with E-state index in [1.54, 1.807) is 0 Å². The van der Waals surface area contributed by atoms with E-state index in [4.69, 9.17) is 0 Å². The van der Waals surface area contributed by atoms with Crippen LogP contribution in [0.3, 0.4) is 0 Å². The molecule has 4 aromatic heterocycles. The van der Waals surface area contributed by atoms with Crippen LogP contribution in [0.25, 0.3) is 45.8 Å².